The third kappa shape index (κ3) is 3.33. The zero-order valence-corrected chi connectivity index (χ0v) is 6.97. The molecule has 4 N–H and O–H groups in total. The van der Waals surface area contributed by atoms with E-state index in [4.69, 9.17) is 11.5 Å². The molecule has 0 atom stereocenters. The van der Waals surface area contributed by atoms with Crippen LogP contribution in [0.25, 0.3) is 6.08 Å². The Morgan fingerprint density at radius 1 is 1.62 bits per heavy atom. The predicted molar refractivity (Wildman–Crippen MR) is 49.3 cm³/mol. The van der Waals surface area contributed by atoms with E-state index in [0.29, 0.717) is 5.69 Å². The van der Waals surface area contributed by atoms with Gasteiger partial charge in [-0.25, -0.2) is 9.97 Å². The Hall–Kier alpha value is -1.91. The smallest absolute Gasteiger partial charge is 0.221 e. The van der Waals surface area contributed by atoms with Gasteiger partial charge in [0.25, 0.3) is 0 Å². The minimum atomic E-state index is -0.377. The molecular weight excluding hydrogens is 168 g/mol. The zero-order valence-electron chi connectivity index (χ0n) is 6.97. The van der Waals surface area contributed by atoms with Gasteiger partial charge in [0.1, 0.15) is 0 Å². The second-order valence-electron chi connectivity index (χ2n) is 2.41. The lowest BCUT2D eigenvalue weighted by Gasteiger charge is -1.92. The van der Waals surface area contributed by atoms with E-state index in [-0.39, 0.29) is 18.3 Å². The van der Waals surface area contributed by atoms with Crippen molar-refractivity contribution in [1.29, 1.82) is 0 Å². The largest absolute Gasteiger partial charge is 0.369 e. The molecule has 1 aromatic rings. The van der Waals surface area contributed by atoms with E-state index < -0.39 is 0 Å². The summed E-state index contributed by atoms with van der Waals surface area (Å²) in [6.07, 6.45) is 5.04. The normalized spacial score (nSPS) is 10.5. The lowest BCUT2D eigenvalue weighted by Crippen LogP contribution is -2.07. The SMILES string of the molecule is NC(=O)CC=Cc1ccnc(N)n1. The maximum atomic E-state index is 10.4. The van der Waals surface area contributed by atoms with Gasteiger partial charge in [-0.05, 0) is 12.1 Å². The molecule has 0 aliphatic carbocycles. The average molecular weight is 178 g/mol. The van der Waals surface area contributed by atoms with Crippen LogP contribution in [0.5, 0.6) is 0 Å². The standard InChI is InChI=1S/C8H10N4O/c9-7(13)3-1-2-6-4-5-11-8(10)12-6/h1-2,4-5H,3H2,(H2,9,13)(H2,10,11,12). The molecule has 5 heteroatoms. The van der Waals surface area contributed by atoms with Crippen LogP contribution in [0.15, 0.2) is 18.3 Å². The van der Waals surface area contributed by atoms with Gasteiger partial charge in [0, 0.05) is 12.6 Å². The first kappa shape index (κ1) is 9.18. The molecule has 1 aromatic heterocycles. The third-order valence-corrected chi connectivity index (χ3v) is 1.30. The number of anilines is 1. The number of hydrogen-bond acceptors (Lipinski definition) is 4. The minimum Gasteiger partial charge on any atom is -0.369 e. The van der Waals surface area contributed by atoms with Crippen LogP contribution in [-0.4, -0.2) is 15.9 Å². The predicted octanol–water partition coefficient (Wildman–Crippen LogP) is -0.0526. The average Bonchev–Trinajstić information content (AvgIpc) is 2.03. The van der Waals surface area contributed by atoms with Crippen LogP contribution in [0.3, 0.4) is 0 Å². The molecule has 1 amide bonds. The topological polar surface area (TPSA) is 94.9 Å². The fourth-order valence-electron chi connectivity index (χ4n) is 0.777. The molecule has 0 bridgehead atoms. The minimum absolute atomic E-state index is 0.198. The number of amides is 1. The number of primary amides is 1. The number of aromatic nitrogens is 2. The van der Waals surface area contributed by atoms with Gasteiger partial charge in [0.2, 0.25) is 11.9 Å². The van der Waals surface area contributed by atoms with E-state index in [1.807, 2.05) is 0 Å². The van der Waals surface area contributed by atoms with Crippen LogP contribution in [0.2, 0.25) is 0 Å². The Morgan fingerprint density at radius 3 is 3.00 bits per heavy atom. The van der Waals surface area contributed by atoms with Crippen molar-refractivity contribution >= 4 is 17.9 Å². The summed E-state index contributed by atoms with van der Waals surface area (Å²) < 4.78 is 0. The molecule has 1 heterocycles. The number of nitrogens with two attached hydrogens (primary N) is 2. The number of carbonyl (C=O) groups excluding carboxylic acids is 1. The highest BCUT2D eigenvalue weighted by Crippen LogP contribution is 1.99. The van der Waals surface area contributed by atoms with Crippen molar-refractivity contribution in [2.24, 2.45) is 5.73 Å². The maximum absolute atomic E-state index is 10.4. The van der Waals surface area contributed by atoms with Crippen LogP contribution in [-0.2, 0) is 4.79 Å². The molecule has 0 saturated carbocycles. The van der Waals surface area contributed by atoms with E-state index in [2.05, 4.69) is 9.97 Å². The molecule has 0 fully saturated rings. The van der Waals surface area contributed by atoms with E-state index in [1.165, 1.54) is 0 Å². The number of hydrogen-bond donors (Lipinski definition) is 2. The van der Waals surface area contributed by atoms with Crippen molar-refractivity contribution in [3.63, 3.8) is 0 Å². The molecule has 68 valence electrons. The molecule has 1 rings (SSSR count). The van der Waals surface area contributed by atoms with Crippen LogP contribution in [0, 0.1) is 0 Å². The van der Waals surface area contributed by atoms with Crippen LogP contribution in [0.1, 0.15) is 12.1 Å². The Balaban J connectivity index is 2.63. The Bertz CT molecular complexity index is 335. The zero-order chi connectivity index (χ0) is 9.68. The molecule has 0 aliphatic rings. The van der Waals surface area contributed by atoms with Crippen molar-refractivity contribution in [1.82, 2.24) is 9.97 Å². The van der Waals surface area contributed by atoms with E-state index in [0.717, 1.165) is 0 Å². The fraction of sp³-hybridized carbons (Fsp3) is 0.125. The first-order chi connectivity index (χ1) is 6.18. The summed E-state index contributed by atoms with van der Waals surface area (Å²) in [7, 11) is 0. The van der Waals surface area contributed by atoms with Crippen molar-refractivity contribution in [3.05, 3.63) is 24.0 Å². The Kier molecular flexibility index (Phi) is 2.97. The Labute approximate surface area is 75.5 Å². The molecule has 0 radical (unpaired) electrons. The summed E-state index contributed by atoms with van der Waals surface area (Å²) >= 11 is 0. The number of carbonyl (C=O) groups is 1. The monoisotopic (exact) mass is 178 g/mol. The second kappa shape index (κ2) is 4.20. The molecule has 13 heavy (non-hydrogen) atoms. The lowest BCUT2D eigenvalue weighted by atomic mass is 10.3. The fourth-order valence-corrected chi connectivity index (χ4v) is 0.777. The Morgan fingerprint density at radius 2 is 2.38 bits per heavy atom. The van der Waals surface area contributed by atoms with Crippen LogP contribution >= 0.6 is 0 Å². The maximum Gasteiger partial charge on any atom is 0.221 e. The van der Waals surface area contributed by atoms with E-state index in [1.54, 1.807) is 24.4 Å². The summed E-state index contributed by atoms with van der Waals surface area (Å²) in [5.74, 6) is -0.167. The molecule has 0 spiro atoms. The van der Waals surface area contributed by atoms with Crippen molar-refractivity contribution in [2.75, 3.05) is 5.73 Å². The summed E-state index contributed by atoms with van der Waals surface area (Å²) in [6, 6.07) is 1.69. The molecule has 0 unspecified atom stereocenters. The first-order valence-corrected chi connectivity index (χ1v) is 3.72. The van der Waals surface area contributed by atoms with Crippen LogP contribution < -0.4 is 11.5 Å². The summed E-state index contributed by atoms with van der Waals surface area (Å²) in [5, 5.41) is 0. The molecule has 0 saturated heterocycles. The lowest BCUT2D eigenvalue weighted by molar-refractivity contribution is -0.117. The molecule has 0 aromatic carbocycles. The molecule has 0 aliphatic heterocycles. The highest BCUT2D eigenvalue weighted by Gasteiger charge is 1.91. The summed E-state index contributed by atoms with van der Waals surface area (Å²) in [4.78, 5) is 18.0. The van der Waals surface area contributed by atoms with E-state index in [9.17, 15) is 4.79 Å². The number of nitrogens with zero attached hydrogens (tertiary/aromatic N) is 2. The first-order valence-electron chi connectivity index (χ1n) is 3.72. The van der Waals surface area contributed by atoms with Gasteiger partial charge in [-0.15, -0.1) is 0 Å². The van der Waals surface area contributed by atoms with Gasteiger partial charge in [0.05, 0.1) is 5.69 Å². The van der Waals surface area contributed by atoms with Gasteiger partial charge in [-0.2, -0.15) is 0 Å². The van der Waals surface area contributed by atoms with E-state index >= 15 is 0 Å². The van der Waals surface area contributed by atoms with Gasteiger partial charge < -0.3 is 11.5 Å². The van der Waals surface area contributed by atoms with Crippen molar-refractivity contribution in [2.45, 2.75) is 6.42 Å². The van der Waals surface area contributed by atoms with Crippen molar-refractivity contribution in [3.8, 4) is 0 Å². The highest BCUT2D eigenvalue weighted by molar-refractivity contribution is 5.76. The second-order valence-corrected chi connectivity index (χ2v) is 2.41. The van der Waals surface area contributed by atoms with Gasteiger partial charge in [0.15, 0.2) is 0 Å². The highest BCUT2D eigenvalue weighted by atomic mass is 16.1. The number of nitrogen functional groups attached to an aromatic ring is 1. The summed E-state index contributed by atoms with van der Waals surface area (Å²) in [5.41, 5.74) is 10.9. The van der Waals surface area contributed by atoms with Gasteiger partial charge in [-0.3, -0.25) is 4.79 Å². The number of rotatable bonds is 3. The van der Waals surface area contributed by atoms with Crippen molar-refractivity contribution < 1.29 is 4.79 Å². The third-order valence-electron chi connectivity index (χ3n) is 1.30. The van der Waals surface area contributed by atoms with Gasteiger partial charge in [-0.1, -0.05) is 6.08 Å². The molecule has 5 nitrogen and oxygen atoms in total. The molecular formula is C8H10N4O. The van der Waals surface area contributed by atoms with Gasteiger partial charge >= 0.3 is 0 Å². The summed E-state index contributed by atoms with van der Waals surface area (Å²) in [6.45, 7) is 0. The quantitative estimate of drug-likeness (QED) is 0.678. The van der Waals surface area contributed by atoms with Crippen LogP contribution in [0.4, 0.5) is 5.95 Å².